The van der Waals surface area contributed by atoms with Gasteiger partial charge in [-0.3, -0.25) is 29.4 Å². The summed E-state index contributed by atoms with van der Waals surface area (Å²) in [6.07, 6.45) is 0.143. The van der Waals surface area contributed by atoms with Crippen molar-refractivity contribution >= 4 is 35.0 Å². The zero-order valence-electron chi connectivity index (χ0n) is 34.7. The first-order chi connectivity index (χ1) is 28.0. The quantitative estimate of drug-likeness (QED) is 0.250. The van der Waals surface area contributed by atoms with Gasteiger partial charge in [0.25, 0.3) is 11.8 Å². The highest BCUT2D eigenvalue weighted by Gasteiger charge is 2.64. The van der Waals surface area contributed by atoms with Crippen molar-refractivity contribution in [3.8, 4) is 11.8 Å². The number of ether oxygens (including phenoxy) is 2. The Morgan fingerprint density at radius 3 is 2.19 bits per heavy atom. The normalized spacial score (nSPS) is 24.0. The Morgan fingerprint density at radius 1 is 0.898 bits per heavy atom. The maximum atomic E-state index is 15.1. The molecule has 7 rings (SSSR count). The zero-order chi connectivity index (χ0) is 42.2. The molecule has 4 aliphatic rings. The lowest BCUT2D eigenvalue weighted by Gasteiger charge is -2.63. The van der Waals surface area contributed by atoms with Crippen molar-refractivity contribution in [3.63, 3.8) is 0 Å². The highest BCUT2D eigenvalue weighted by atomic mass is 19.1. The summed E-state index contributed by atoms with van der Waals surface area (Å²) in [4.78, 5) is 56.5. The summed E-state index contributed by atoms with van der Waals surface area (Å²) in [6.45, 7) is 18.0. The van der Waals surface area contributed by atoms with Gasteiger partial charge in [-0.25, -0.2) is 4.39 Å². The molecule has 14 heteroatoms. The van der Waals surface area contributed by atoms with E-state index in [4.69, 9.17) is 9.47 Å². The van der Waals surface area contributed by atoms with Crippen LogP contribution in [0.25, 0.3) is 0 Å². The van der Waals surface area contributed by atoms with E-state index >= 15 is 4.39 Å². The second-order valence-corrected chi connectivity index (χ2v) is 17.5. The molecule has 3 heterocycles. The summed E-state index contributed by atoms with van der Waals surface area (Å²) < 4.78 is 27.8. The van der Waals surface area contributed by atoms with Crippen molar-refractivity contribution in [2.24, 2.45) is 10.8 Å². The molecule has 13 nitrogen and oxygen atoms in total. The number of halogens is 1. The highest BCUT2D eigenvalue weighted by Crippen LogP contribution is 2.55. The van der Waals surface area contributed by atoms with E-state index in [1.807, 2.05) is 50.2 Å². The van der Waals surface area contributed by atoms with Gasteiger partial charge >= 0.3 is 0 Å². The number of nitrogens with zero attached hydrogens (tertiary/aromatic N) is 4. The van der Waals surface area contributed by atoms with Gasteiger partial charge in [-0.05, 0) is 86.0 Å². The number of carbonyl (C=O) groups excluding carboxylic acids is 4. The number of imide groups is 1. The van der Waals surface area contributed by atoms with E-state index in [0.29, 0.717) is 43.1 Å². The number of morpholine rings is 1. The highest BCUT2D eigenvalue weighted by molar-refractivity contribution is 6.04. The van der Waals surface area contributed by atoms with Crippen LogP contribution in [0, 0.1) is 41.8 Å². The molecule has 59 heavy (non-hydrogen) atoms. The molecule has 0 spiro atoms. The van der Waals surface area contributed by atoms with Gasteiger partial charge in [0.05, 0.1) is 29.9 Å². The average Bonchev–Trinajstić information content (AvgIpc) is 3.20. The predicted molar refractivity (Wildman–Crippen MR) is 221 cm³/mol. The van der Waals surface area contributed by atoms with E-state index in [9.17, 15) is 24.4 Å². The topological polar surface area (TPSA) is 156 Å². The summed E-state index contributed by atoms with van der Waals surface area (Å²) in [7, 11) is 0. The first-order valence-corrected chi connectivity index (χ1v) is 20.4. The van der Waals surface area contributed by atoms with Crippen molar-refractivity contribution in [2.45, 2.75) is 78.7 Å². The Bertz CT molecular complexity index is 2120. The first kappa shape index (κ1) is 41.6. The molecule has 0 radical (unpaired) electrons. The Balaban J connectivity index is 0.879. The van der Waals surface area contributed by atoms with Crippen molar-refractivity contribution in [1.82, 2.24) is 20.9 Å². The molecule has 2 atom stereocenters. The summed E-state index contributed by atoms with van der Waals surface area (Å²) in [6, 6.07) is 17.4. The molecule has 4 fully saturated rings. The second kappa shape index (κ2) is 16.6. The molecule has 3 aliphatic heterocycles. The van der Waals surface area contributed by atoms with E-state index in [1.54, 1.807) is 6.07 Å². The van der Waals surface area contributed by atoms with Gasteiger partial charge < -0.3 is 29.9 Å². The minimum Gasteiger partial charge on any atom is -0.489 e. The van der Waals surface area contributed by atoms with Crippen LogP contribution in [0.2, 0.25) is 0 Å². The van der Waals surface area contributed by atoms with Crippen LogP contribution in [0.4, 0.5) is 15.8 Å². The Hall–Kier alpha value is -5.52. The van der Waals surface area contributed by atoms with Gasteiger partial charge in [0.15, 0.2) is 0 Å². The molecule has 3 N–H and O–H groups in total. The minimum atomic E-state index is -0.877. The van der Waals surface area contributed by atoms with Crippen LogP contribution >= 0.6 is 0 Å². The fourth-order valence-corrected chi connectivity index (χ4v) is 9.64. The molecule has 0 bridgehead atoms. The number of nitrogens with one attached hydrogen (secondary N) is 3. The third kappa shape index (κ3) is 8.63. The van der Waals surface area contributed by atoms with Gasteiger partial charge in [-0.1, -0.05) is 27.7 Å². The van der Waals surface area contributed by atoms with Crippen molar-refractivity contribution in [3.05, 3.63) is 88.2 Å². The lowest BCUT2D eigenvalue weighted by Crippen LogP contribution is -2.74. The van der Waals surface area contributed by atoms with Crippen LogP contribution in [-0.2, 0) is 14.3 Å². The molecule has 3 aromatic carbocycles. The maximum absolute atomic E-state index is 15.1. The summed E-state index contributed by atoms with van der Waals surface area (Å²) in [5, 5.41) is 17.5. The van der Waals surface area contributed by atoms with E-state index in [2.05, 4.69) is 64.4 Å². The number of rotatable bonds is 10. The molecule has 3 aromatic rings. The van der Waals surface area contributed by atoms with Gasteiger partial charge in [-0.15, -0.1) is 0 Å². The molecular weight excluding hydrogens is 754 g/mol. The van der Waals surface area contributed by atoms with E-state index in [-0.39, 0.29) is 59.3 Å². The SMILES string of the molecule is Cc1cc(OC2C(C)(C)C(NC(=O)c3ccc(N4CCO[C@@H](CN5CCN(c6ccc(C(=O)N[C@H]7CCC(=O)NC7=O)c(F)c6)CC5)C4)cc3)C2(C)C)cc(C)c1C#N. The molecule has 1 saturated carbocycles. The lowest BCUT2D eigenvalue weighted by molar-refractivity contribution is -0.164. The molecule has 0 unspecified atom stereocenters. The van der Waals surface area contributed by atoms with Crippen molar-refractivity contribution < 1.29 is 33.0 Å². The van der Waals surface area contributed by atoms with E-state index in [0.717, 1.165) is 48.7 Å². The number of benzene rings is 3. The molecule has 3 saturated heterocycles. The smallest absolute Gasteiger partial charge is 0.254 e. The van der Waals surface area contributed by atoms with E-state index in [1.165, 1.54) is 12.1 Å². The third-order valence-corrected chi connectivity index (χ3v) is 12.6. The van der Waals surface area contributed by atoms with Crippen LogP contribution in [-0.4, -0.2) is 105 Å². The van der Waals surface area contributed by atoms with Gasteiger partial charge in [0.1, 0.15) is 23.7 Å². The van der Waals surface area contributed by atoms with Gasteiger partial charge in [0, 0.05) is 86.0 Å². The van der Waals surface area contributed by atoms with Crippen molar-refractivity contribution in [2.75, 3.05) is 62.2 Å². The van der Waals surface area contributed by atoms with Crippen LogP contribution in [0.1, 0.15) is 77.9 Å². The number of hydrogen-bond donors (Lipinski definition) is 3. The van der Waals surface area contributed by atoms with Crippen molar-refractivity contribution in [1.29, 1.82) is 5.26 Å². The standard InChI is InChI=1S/C45H54FN7O6/c1-27-21-32(22-28(2)35(27)24-47)59-43-44(3,4)42(45(43,5)6)50-39(55)29-7-9-30(10-8-29)53-19-20-58-33(26-53)25-51-15-17-52(18-16-51)31-11-12-34(36(46)23-31)40(56)48-37-13-14-38(54)49-41(37)57/h7-12,21-23,33,37,42-43H,13-20,25-26H2,1-6H3,(H,48,56)(H,50,55)(H,49,54,57)/t33-,37-,42?,43?/m0/s1. The third-order valence-electron chi connectivity index (χ3n) is 12.6. The molecular formula is C45H54FN7O6. The number of amides is 4. The van der Waals surface area contributed by atoms with Crippen LogP contribution in [0.5, 0.6) is 5.75 Å². The molecule has 1 aliphatic carbocycles. The van der Waals surface area contributed by atoms with E-state index < -0.39 is 23.7 Å². The maximum Gasteiger partial charge on any atom is 0.254 e. The average molecular weight is 808 g/mol. The van der Waals surface area contributed by atoms with Gasteiger partial charge in [-0.2, -0.15) is 5.26 Å². The second-order valence-electron chi connectivity index (χ2n) is 17.5. The summed E-state index contributed by atoms with van der Waals surface area (Å²) in [5.41, 5.74) is 3.92. The number of piperidine rings is 1. The van der Waals surface area contributed by atoms with Crippen LogP contribution in [0.15, 0.2) is 54.6 Å². The lowest BCUT2D eigenvalue weighted by atomic mass is 9.49. The molecule has 0 aromatic heterocycles. The minimum absolute atomic E-state index is 0.00626. The molecule has 312 valence electrons. The number of nitriles is 1. The zero-order valence-corrected chi connectivity index (χ0v) is 34.7. The summed E-state index contributed by atoms with van der Waals surface area (Å²) in [5.74, 6) is -1.73. The number of piperazine rings is 1. The monoisotopic (exact) mass is 807 g/mol. The molecule has 4 amide bonds. The summed E-state index contributed by atoms with van der Waals surface area (Å²) >= 11 is 0. The number of hydrogen-bond acceptors (Lipinski definition) is 10. The first-order valence-electron chi connectivity index (χ1n) is 20.4. The largest absolute Gasteiger partial charge is 0.489 e. The Kier molecular flexibility index (Phi) is 11.7. The predicted octanol–water partition coefficient (Wildman–Crippen LogP) is 4.49. The number of carbonyl (C=O) groups is 4. The Morgan fingerprint density at radius 2 is 1.56 bits per heavy atom. The Labute approximate surface area is 345 Å². The number of anilines is 2. The fraction of sp³-hybridized carbons (Fsp3) is 0.489. The van der Waals surface area contributed by atoms with Crippen LogP contribution < -0.4 is 30.5 Å². The van der Waals surface area contributed by atoms with Crippen LogP contribution in [0.3, 0.4) is 0 Å². The fourth-order valence-electron chi connectivity index (χ4n) is 9.64. The number of aryl methyl sites for hydroxylation is 2. The van der Waals surface area contributed by atoms with Gasteiger partial charge in [0.2, 0.25) is 11.8 Å².